The van der Waals surface area contributed by atoms with Gasteiger partial charge in [0.2, 0.25) is 0 Å². The maximum atomic E-state index is 5.41. The van der Waals surface area contributed by atoms with Crippen molar-refractivity contribution >= 4 is 0 Å². The first-order valence-electron chi connectivity index (χ1n) is 7.33. The average molecular weight is 248 g/mol. The van der Waals surface area contributed by atoms with E-state index in [0.717, 1.165) is 30.7 Å². The fourth-order valence-electron chi connectivity index (χ4n) is 3.01. The molecule has 18 heavy (non-hydrogen) atoms. The lowest BCUT2D eigenvalue weighted by Crippen LogP contribution is -2.54. The highest BCUT2D eigenvalue weighted by atomic mass is 16.3. The Balaban J connectivity index is 1.47. The zero-order valence-corrected chi connectivity index (χ0v) is 11.3. The van der Waals surface area contributed by atoms with Crippen LogP contribution in [0.2, 0.25) is 0 Å². The third-order valence-electron chi connectivity index (χ3n) is 4.44. The number of hydrogen-bond donors (Lipinski definition) is 1. The van der Waals surface area contributed by atoms with Crippen molar-refractivity contribution in [1.82, 2.24) is 10.2 Å². The molecule has 2 heterocycles. The second kappa shape index (κ2) is 5.45. The summed E-state index contributed by atoms with van der Waals surface area (Å²) in [6.45, 7) is 5.96. The fourth-order valence-corrected chi connectivity index (χ4v) is 3.01. The second-order valence-corrected chi connectivity index (χ2v) is 5.86. The lowest BCUT2D eigenvalue weighted by Gasteiger charge is -2.37. The Hall–Kier alpha value is -0.800. The summed E-state index contributed by atoms with van der Waals surface area (Å²) in [5.74, 6) is 2.08. The minimum atomic E-state index is 0.665. The van der Waals surface area contributed by atoms with Gasteiger partial charge in [0.05, 0.1) is 6.26 Å². The molecule has 1 aliphatic carbocycles. The first kappa shape index (κ1) is 12.2. The molecule has 2 fully saturated rings. The number of furan rings is 1. The van der Waals surface area contributed by atoms with Crippen LogP contribution in [0.5, 0.6) is 0 Å². The number of rotatable bonds is 5. The summed E-state index contributed by atoms with van der Waals surface area (Å²) in [4.78, 5) is 2.66. The van der Waals surface area contributed by atoms with Crippen molar-refractivity contribution in [3.63, 3.8) is 0 Å². The van der Waals surface area contributed by atoms with E-state index in [-0.39, 0.29) is 0 Å². The Morgan fingerprint density at radius 2 is 2.39 bits per heavy atom. The van der Waals surface area contributed by atoms with Crippen LogP contribution in [0, 0.1) is 5.92 Å². The number of nitrogens with zero attached hydrogens (tertiary/aromatic N) is 1. The topological polar surface area (TPSA) is 28.4 Å². The third-order valence-corrected chi connectivity index (χ3v) is 4.44. The normalized spacial score (nSPS) is 27.3. The molecular formula is C15H24N2O. The lowest BCUT2D eigenvalue weighted by atomic mass is 10.1. The number of aryl methyl sites for hydroxylation is 1. The SMILES string of the molecule is CC(CCc1ccco1)N1CCNC(C2CC2)C1. The molecule has 2 aliphatic rings. The smallest absolute Gasteiger partial charge is 0.103 e. The molecule has 1 aromatic heterocycles. The van der Waals surface area contributed by atoms with Gasteiger partial charge in [-0.1, -0.05) is 0 Å². The molecule has 1 aliphatic heterocycles. The summed E-state index contributed by atoms with van der Waals surface area (Å²) in [6.07, 6.45) is 6.91. The Morgan fingerprint density at radius 3 is 3.11 bits per heavy atom. The number of piperazine rings is 1. The zero-order chi connectivity index (χ0) is 12.4. The monoisotopic (exact) mass is 248 g/mol. The van der Waals surface area contributed by atoms with E-state index in [1.54, 1.807) is 6.26 Å². The first-order chi connectivity index (χ1) is 8.83. The molecule has 2 atom stereocenters. The summed E-state index contributed by atoms with van der Waals surface area (Å²) in [5.41, 5.74) is 0. The van der Waals surface area contributed by atoms with Crippen molar-refractivity contribution in [2.45, 2.75) is 44.7 Å². The van der Waals surface area contributed by atoms with E-state index >= 15 is 0 Å². The van der Waals surface area contributed by atoms with Crippen LogP contribution in [0.3, 0.4) is 0 Å². The molecule has 2 unspecified atom stereocenters. The average Bonchev–Trinajstić information content (AvgIpc) is 3.13. The predicted octanol–water partition coefficient (Wildman–Crippen LogP) is 2.28. The highest BCUT2D eigenvalue weighted by Crippen LogP contribution is 2.34. The van der Waals surface area contributed by atoms with Crippen molar-refractivity contribution < 1.29 is 4.42 Å². The van der Waals surface area contributed by atoms with Crippen molar-refractivity contribution in [3.05, 3.63) is 24.2 Å². The van der Waals surface area contributed by atoms with E-state index in [0.29, 0.717) is 6.04 Å². The van der Waals surface area contributed by atoms with Crippen molar-refractivity contribution in [2.24, 2.45) is 5.92 Å². The van der Waals surface area contributed by atoms with Crippen molar-refractivity contribution in [1.29, 1.82) is 0 Å². The Kier molecular flexibility index (Phi) is 3.71. The van der Waals surface area contributed by atoms with Gasteiger partial charge < -0.3 is 9.73 Å². The second-order valence-electron chi connectivity index (χ2n) is 5.86. The van der Waals surface area contributed by atoms with Gasteiger partial charge >= 0.3 is 0 Å². The van der Waals surface area contributed by atoms with Gasteiger partial charge in [0.15, 0.2) is 0 Å². The molecule has 3 rings (SSSR count). The molecule has 3 nitrogen and oxygen atoms in total. The van der Waals surface area contributed by atoms with Crippen LogP contribution in [-0.2, 0) is 6.42 Å². The maximum absolute atomic E-state index is 5.41. The highest BCUT2D eigenvalue weighted by molar-refractivity contribution is 4.99. The van der Waals surface area contributed by atoms with E-state index in [2.05, 4.69) is 23.2 Å². The van der Waals surface area contributed by atoms with Crippen LogP contribution < -0.4 is 5.32 Å². The molecular weight excluding hydrogens is 224 g/mol. The van der Waals surface area contributed by atoms with Crippen LogP contribution in [-0.4, -0.2) is 36.6 Å². The van der Waals surface area contributed by atoms with Crippen molar-refractivity contribution in [3.8, 4) is 0 Å². The Morgan fingerprint density at radius 1 is 1.50 bits per heavy atom. The van der Waals surface area contributed by atoms with Gasteiger partial charge in [-0.2, -0.15) is 0 Å². The lowest BCUT2D eigenvalue weighted by molar-refractivity contribution is 0.138. The summed E-state index contributed by atoms with van der Waals surface area (Å²) >= 11 is 0. The first-order valence-corrected chi connectivity index (χ1v) is 7.33. The van der Waals surface area contributed by atoms with Crippen molar-refractivity contribution in [2.75, 3.05) is 19.6 Å². The maximum Gasteiger partial charge on any atom is 0.103 e. The van der Waals surface area contributed by atoms with Crippen LogP contribution in [0.25, 0.3) is 0 Å². The molecule has 0 bridgehead atoms. The summed E-state index contributed by atoms with van der Waals surface area (Å²) < 4.78 is 5.41. The molecule has 0 spiro atoms. The van der Waals surface area contributed by atoms with E-state index in [1.807, 2.05) is 6.07 Å². The van der Waals surface area contributed by atoms with E-state index in [4.69, 9.17) is 4.42 Å². The minimum absolute atomic E-state index is 0.665. The molecule has 0 radical (unpaired) electrons. The van der Waals surface area contributed by atoms with Crippen LogP contribution in [0.1, 0.15) is 31.9 Å². The van der Waals surface area contributed by atoms with Crippen LogP contribution >= 0.6 is 0 Å². The standard InChI is InChI=1S/C15H24N2O/c1-12(4-7-14-3-2-10-18-14)17-9-8-16-15(11-17)13-5-6-13/h2-3,10,12-13,15-16H,4-9,11H2,1H3. The van der Waals surface area contributed by atoms with Gasteiger partial charge in [-0.05, 0) is 44.2 Å². The van der Waals surface area contributed by atoms with Gasteiger partial charge in [0, 0.05) is 38.1 Å². The van der Waals surface area contributed by atoms with Gasteiger partial charge in [-0.3, -0.25) is 4.90 Å². The molecule has 0 amide bonds. The Labute approximate surface area is 110 Å². The molecule has 1 saturated heterocycles. The molecule has 1 saturated carbocycles. The Bertz CT molecular complexity index is 359. The molecule has 100 valence electrons. The zero-order valence-electron chi connectivity index (χ0n) is 11.3. The highest BCUT2D eigenvalue weighted by Gasteiger charge is 2.34. The van der Waals surface area contributed by atoms with E-state index < -0.39 is 0 Å². The van der Waals surface area contributed by atoms with Crippen LogP contribution in [0.15, 0.2) is 22.8 Å². The number of hydrogen-bond acceptors (Lipinski definition) is 3. The molecule has 3 heteroatoms. The predicted molar refractivity (Wildman–Crippen MR) is 72.6 cm³/mol. The summed E-state index contributed by atoms with van der Waals surface area (Å²) in [5, 5.41) is 3.68. The quantitative estimate of drug-likeness (QED) is 0.866. The van der Waals surface area contributed by atoms with Gasteiger partial charge in [-0.25, -0.2) is 0 Å². The molecule has 1 aromatic rings. The van der Waals surface area contributed by atoms with Crippen LogP contribution in [0.4, 0.5) is 0 Å². The van der Waals surface area contributed by atoms with Gasteiger partial charge in [0.25, 0.3) is 0 Å². The van der Waals surface area contributed by atoms with Gasteiger partial charge in [-0.15, -0.1) is 0 Å². The third kappa shape index (κ3) is 2.96. The summed E-state index contributed by atoms with van der Waals surface area (Å²) in [6, 6.07) is 5.48. The minimum Gasteiger partial charge on any atom is -0.469 e. The molecule has 1 N–H and O–H groups in total. The van der Waals surface area contributed by atoms with Gasteiger partial charge in [0.1, 0.15) is 5.76 Å². The summed E-state index contributed by atoms with van der Waals surface area (Å²) in [7, 11) is 0. The fraction of sp³-hybridized carbons (Fsp3) is 0.733. The number of nitrogens with one attached hydrogen (secondary N) is 1. The largest absolute Gasteiger partial charge is 0.469 e. The van der Waals surface area contributed by atoms with E-state index in [1.165, 1.54) is 32.4 Å². The molecule has 0 aromatic carbocycles. The van der Waals surface area contributed by atoms with E-state index in [9.17, 15) is 0 Å².